The number of anilines is 4. The molecule has 3 aromatic rings. The summed E-state index contributed by atoms with van der Waals surface area (Å²) < 4.78 is 14.2. The van der Waals surface area contributed by atoms with Crippen molar-refractivity contribution in [3.63, 3.8) is 0 Å². The fourth-order valence-electron chi connectivity index (χ4n) is 4.12. The van der Waals surface area contributed by atoms with Gasteiger partial charge in [0.05, 0.1) is 5.69 Å². The van der Waals surface area contributed by atoms with E-state index in [2.05, 4.69) is 37.8 Å². The van der Waals surface area contributed by atoms with Crippen LogP contribution in [0.4, 0.5) is 27.5 Å². The maximum absolute atomic E-state index is 14.2. The summed E-state index contributed by atoms with van der Waals surface area (Å²) >= 11 is 0. The van der Waals surface area contributed by atoms with Crippen molar-refractivity contribution >= 4 is 23.1 Å². The minimum Gasteiger partial charge on any atom is -0.379 e. The average Bonchev–Trinajstić information content (AvgIpc) is 3.02. The van der Waals surface area contributed by atoms with Crippen molar-refractivity contribution in [3.8, 4) is 0 Å². The fraction of sp³-hybridized carbons (Fsp3) is 0.348. The maximum Gasteiger partial charge on any atom is 0.146 e. The lowest BCUT2D eigenvalue weighted by Crippen LogP contribution is -2.19. The Balaban J connectivity index is 1.44. The second-order valence-electron chi connectivity index (χ2n) is 7.88. The Labute approximate surface area is 176 Å². The third kappa shape index (κ3) is 4.20. The number of fused-ring (bicyclic) bond motifs is 1. The van der Waals surface area contributed by atoms with Crippen molar-refractivity contribution in [1.82, 2.24) is 15.0 Å². The van der Waals surface area contributed by atoms with Gasteiger partial charge in [-0.3, -0.25) is 0 Å². The number of hydrogen-bond donors (Lipinski definition) is 3. The molecule has 0 spiro atoms. The molecule has 1 aliphatic rings. The summed E-state index contributed by atoms with van der Waals surface area (Å²) in [4.78, 5) is 13.4. The summed E-state index contributed by atoms with van der Waals surface area (Å²) in [6, 6.07) is 11.3. The molecule has 0 bridgehead atoms. The van der Waals surface area contributed by atoms with E-state index in [9.17, 15) is 4.39 Å². The standard InChI is InChI=1S/C23H27FN6/c1-13-8-9-18(24)23-22(13)17(15(3)27-23)10-11-25-20-12-21(29-16(4)28-20)30-19-7-5-6-14(2)26-19/h5-9,12,15,17,27H,10-11H2,1-4H3,(H2,25,26,28,29,30). The molecule has 7 heteroatoms. The second kappa shape index (κ2) is 8.26. The van der Waals surface area contributed by atoms with Gasteiger partial charge in [0.25, 0.3) is 0 Å². The third-order valence-electron chi connectivity index (χ3n) is 5.50. The van der Waals surface area contributed by atoms with Crippen molar-refractivity contribution in [2.45, 2.75) is 46.1 Å². The molecule has 1 aromatic carbocycles. The minimum absolute atomic E-state index is 0.176. The molecule has 6 nitrogen and oxygen atoms in total. The van der Waals surface area contributed by atoms with Crippen LogP contribution in [-0.2, 0) is 0 Å². The molecule has 2 aromatic heterocycles. The maximum atomic E-state index is 14.2. The minimum atomic E-state index is -0.176. The van der Waals surface area contributed by atoms with E-state index in [4.69, 9.17) is 0 Å². The summed E-state index contributed by atoms with van der Waals surface area (Å²) in [6.07, 6.45) is 0.872. The zero-order valence-electron chi connectivity index (χ0n) is 17.8. The number of pyridine rings is 1. The highest BCUT2D eigenvalue weighted by Crippen LogP contribution is 2.41. The number of nitrogens with zero attached hydrogens (tertiary/aromatic N) is 3. The van der Waals surface area contributed by atoms with E-state index >= 15 is 0 Å². The lowest BCUT2D eigenvalue weighted by molar-refractivity contribution is 0.596. The van der Waals surface area contributed by atoms with Crippen molar-refractivity contribution in [1.29, 1.82) is 0 Å². The first-order chi connectivity index (χ1) is 14.4. The highest BCUT2D eigenvalue weighted by molar-refractivity contribution is 5.63. The van der Waals surface area contributed by atoms with Gasteiger partial charge in [0.2, 0.25) is 0 Å². The smallest absolute Gasteiger partial charge is 0.146 e. The van der Waals surface area contributed by atoms with E-state index in [1.807, 2.05) is 51.1 Å². The Morgan fingerprint density at radius 1 is 1.00 bits per heavy atom. The Bertz CT molecular complexity index is 1070. The van der Waals surface area contributed by atoms with E-state index < -0.39 is 0 Å². The number of hydrogen-bond acceptors (Lipinski definition) is 6. The number of aryl methyl sites for hydroxylation is 3. The van der Waals surface area contributed by atoms with E-state index in [-0.39, 0.29) is 17.8 Å². The van der Waals surface area contributed by atoms with Gasteiger partial charge in [0, 0.05) is 30.3 Å². The van der Waals surface area contributed by atoms with Gasteiger partial charge in [-0.2, -0.15) is 0 Å². The molecule has 0 fully saturated rings. The number of nitrogens with one attached hydrogen (secondary N) is 3. The van der Waals surface area contributed by atoms with Gasteiger partial charge in [0.15, 0.2) is 0 Å². The van der Waals surface area contributed by atoms with Crippen LogP contribution < -0.4 is 16.0 Å². The number of benzene rings is 1. The monoisotopic (exact) mass is 406 g/mol. The number of aromatic nitrogens is 3. The van der Waals surface area contributed by atoms with Crippen LogP contribution >= 0.6 is 0 Å². The van der Waals surface area contributed by atoms with Gasteiger partial charge >= 0.3 is 0 Å². The predicted molar refractivity (Wildman–Crippen MR) is 119 cm³/mol. The van der Waals surface area contributed by atoms with Gasteiger partial charge in [-0.1, -0.05) is 12.1 Å². The molecular weight excluding hydrogens is 379 g/mol. The summed E-state index contributed by atoms with van der Waals surface area (Å²) in [6.45, 7) is 8.70. The number of halogens is 1. The zero-order chi connectivity index (χ0) is 21.3. The Morgan fingerprint density at radius 3 is 2.60 bits per heavy atom. The van der Waals surface area contributed by atoms with Crippen molar-refractivity contribution < 1.29 is 4.39 Å². The van der Waals surface area contributed by atoms with Crippen LogP contribution in [0.15, 0.2) is 36.4 Å². The predicted octanol–water partition coefficient (Wildman–Crippen LogP) is 5.08. The first-order valence-electron chi connectivity index (χ1n) is 10.3. The van der Waals surface area contributed by atoms with E-state index in [0.717, 1.165) is 41.4 Å². The van der Waals surface area contributed by atoms with Crippen molar-refractivity contribution in [2.24, 2.45) is 0 Å². The van der Waals surface area contributed by atoms with Crippen molar-refractivity contribution in [2.75, 3.05) is 22.5 Å². The molecule has 3 N–H and O–H groups in total. The molecule has 0 saturated heterocycles. The quantitative estimate of drug-likeness (QED) is 0.530. The fourth-order valence-corrected chi connectivity index (χ4v) is 4.12. The summed E-state index contributed by atoms with van der Waals surface area (Å²) in [5.74, 6) is 2.95. The van der Waals surface area contributed by atoms with Crippen molar-refractivity contribution in [3.05, 3.63) is 64.9 Å². The average molecular weight is 407 g/mol. The van der Waals surface area contributed by atoms with Gasteiger partial charge in [-0.15, -0.1) is 0 Å². The van der Waals surface area contributed by atoms with Gasteiger partial charge in [-0.25, -0.2) is 19.3 Å². The summed E-state index contributed by atoms with van der Waals surface area (Å²) in [5, 5.41) is 9.95. The lowest BCUT2D eigenvalue weighted by atomic mass is 9.89. The van der Waals surface area contributed by atoms with Crippen LogP contribution in [0, 0.1) is 26.6 Å². The third-order valence-corrected chi connectivity index (χ3v) is 5.50. The van der Waals surface area contributed by atoms with E-state index in [0.29, 0.717) is 17.3 Å². The molecule has 30 heavy (non-hydrogen) atoms. The Morgan fingerprint density at radius 2 is 1.80 bits per heavy atom. The summed E-state index contributed by atoms with van der Waals surface area (Å²) in [7, 11) is 0. The highest BCUT2D eigenvalue weighted by atomic mass is 19.1. The zero-order valence-corrected chi connectivity index (χ0v) is 17.8. The second-order valence-corrected chi connectivity index (χ2v) is 7.88. The number of rotatable bonds is 6. The van der Waals surface area contributed by atoms with Crippen LogP contribution in [-0.4, -0.2) is 27.5 Å². The first-order valence-corrected chi connectivity index (χ1v) is 10.3. The molecule has 3 heterocycles. The molecule has 156 valence electrons. The molecule has 2 unspecified atom stereocenters. The van der Waals surface area contributed by atoms with Gasteiger partial charge < -0.3 is 16.0 Å². The lowest BCUT2D eigenvalue weighted by Gasteiger charge is -2.18. The SMILES string of the molecule is Cc1cccc(Nc2cc(NCCC3c4c(C)ccc(F)c4NC3C)nc(C)n2)n1. The van der Waals surface area contributed by atoms with Crippen LogP contribution in [0.5, 0.6) is 0 Å². The molecule has 0 saturated carbocycles. The molecule has 0 amide bonds. The Kier molecular flexibility index (Phi) is 5.53. The molecule has 0 aliphatic carbocycles. The van der Waals surface area contributed by atoms with Crippen LogP contribution in [0.1, 0.15) is 41.9 Å². The normalized spacial score (nSPS) is 17.4. The largest absolute Gasteiger partial charge is 0.379 e. The van der Waals surface area contributed by atoms with Gasteiger partial charge in [0.1, 0.15) is 29.1 Å². The first kappa shape index (κ1) is 20.1. The molecular formula is C23H27FN6. The van der Waals surface area contributed by atoms with Crippen LogP contribution in [0.3, 0.4) is 0 Å². The van der Waals surface area contributed by atoms with Crippen LogP contribution in [0.2, 0.25) is 0 Å². The van der Waals surface area contributed by atoms with E-state index in [1.54, 1.807) is 0 Å². The molecule has 1 aliphatic heterocycles. The van der Waals surface area contributed by atoms with Crippen LogP contribution in [0.25, 0.3) is 0 Å². The topological polar surface area (TPSA) is 74.8 Å². The molecule has 2 atom stereocenters. The Hall–Kier alpha value is -3.22. The molecule has 4 rings (SSSR count). The molecule has 0 radical (unpaired) electrons. The highest BCUT2D eigenvalue weighted by Gasteiger charge is 2.32. The van der Waals surface area contributed by atoms with E-state index in [1.165, 1.54) is 6.07 Å². The van der Waals surface area contributed by atoms with Gasteiger partial charge in [-0.05, 0) is 63.4 Å². The summed E-state index contributed by atoms with van der Waals surface area (Å²) in [5.41, 5.74) is 3.82.